The molecule has 0 rings (SSSR count). The summed E-state index contributed by atoms with van der Waals surface area (Å²) in [6, 6.07) is 0. The lowest BCUT2D eigenvalue weighted by Gasteiger charge is -2.20. The molecule has 0 heterocycles. The fraction of sp³-hybridized carbons (Fsp3) is 0.689. The summed E-state index contributed by atoms with van der Waals surface area (Å²) in [5.41, 5.74) is 5.33. The van der Waals surface area contributed by atoms with Crippen LogP contribution in [-0.4, -0.2) is 60.5 Å². The summed E-state index contributed by atoms with van der Waals surface area (Å²) in [7, 11) is -4.43. The SMILES string of the molecule is CCCCC/C=C\C/C=C\C/C=C\CCCCCCC(=O)O[C@H](COC(=O)CCCC(O)/C=C/C=C/C/C=C/CCCCCCCC)COP(=O)(O)OCCN. The Kier molecular flexibility index (Phi) is 38.7. The summed E-state index contributed by atoms with van der Waals surface area (Å²) < 4.78 is 32.6. The highest BCUT2D eigenvalue weighted by Gasteiger charge is 2.26. The smallest absolute Gasteiger partial charge is 0.462 e. The number of ether oxygens (including phenoxy) is 2. The fourth-order valence-electron chi connectivity index (χ4n) is 5.41. The van der Waals surface area contributed by atoms with Gasteiger partial charge in [-0.15, -0.1) is 0 Å². The number of phosphoric ester groups is 1. The van der Waals surface area contributed by atoms with Crippen molar-refractivity contribution in [3.05, 3.63) is 72.9 Å². The van der Waals surface area contributed by atoms with Gasteiger partial charge in [0.15, 0.2) is 6.10 Å². The van der Waals surface area contributed by atoms with Crippen molar-refractivity contribution >= 4 is 19.8 Å². The largest absolute Gasteiger partial charge is 0.472 e. The van der Waals surface area contributed by atoms with Crippen LogP contribution in [0.2, 0.25) is 0 Å². The van der Waals surface area contributed by atoms with E-state index in [1.54, 1.807) is 12.2 Å². The van der Waals surface area contributed by atoms with Gasteiger partial charge < -0.3 is 25.2 Å². The van der Waals surface area contributed by atoms with Crippen LogP contribution < -0.4 is 5.73 Å². The summed E-state index contributed by atoms with van der Waals surface area (Å²) in [4.78, 5) is 34.9. The van der Waals surface area contributed by atoms with Crippen LogP contribution in [0.4, 0.5) is 0 Å². The normalized spacial score (nSPS) is 14.6. The standard InChI is InChI=1S/C45H78NO9P/c1-3-5-7-9-11-13-15-17-18-19-20-22-24-26-28-30-32-36-45(49)55-43(41-54-56(50,51)53-39-38-46)40-52-44(48)37-33-35-42(47)34-31-29-27-25-23-21-16-14-12-10-8-6-4-2/h11,13,17-18,20-23,27,29,31,34,42-43,47H,3-10,12,14-16,19,24-26,28,30,32-33,35-41,46H2,1-2H3,(H,50,51)/b13-11-,18-17-,22-20-,23-21+,29-27+,34-31+/t42?,43-/m1/s1. The van der Waals surface area contributed by atoms with E-state index in [0.29, 0.717) is 19.3 Å². The summed E-state index contributed by atoms with van der Waals surface area (Å²) in [6.07, 6.45) is 45.3. The third-order valence-corrected chi connectivity index (χ3v) is 9.65. The van der Waals surface area contributed by atoms with Crippen molar-refractivity contribution in [2.24, 2.45) is 5.73 Å². The van der Waals surface area contributed by atoms with Crippen molar-refractivity contribution in [1.82, 2.24) is 0 Å². The van der Waals surface area contributed by atoms with Crippen LogP contribution in [0, 0.1) is 0 Å². The first-order valence-corrected chi connectivity index (χ1v) is 23.0. The van der Waals surface area contributed by atoms with Crippen molar-refractivity contribution in [2.75, 3.05) is 26.4 Å². The van der Waals surface area contributed by atoms with Crippen molar-refractivity contribution in [1.29, 1.82) is 0 Å². The fourth-order valence-corrected chi connectivity index (χ4v) is 6.18. The molecule has 0 saturated carbocycles. The van der Waals surface area contributed by atoms with Gasteiger partial charge in [-0.1, -0.05) is 145 Å². The zero-order valence-electron chi connectivity index (χ0n) is 35.0. The zero-order chi connectivity index (χ0) is 41.2. The molecule has 56 heavy (non-hydrogen) atoms. The molecule has 0 amide bonds. The van der Waals surface area contributed by atoms with Gasteiger partial charge in [-0.3, -0.25) is 18.6 Å². The molecule has 0 aromatic rings. The molecule has 2 unspecified atom stereocenters. The van der Waals surface area contributed by atoms with Gasteiger partial charge in [0.1, 0.15) is 6.61 Å². The van der Waals surface area contributed by atoms with Gasteiger partial charge in [0.25, 0.3) is 0 Å². The van der Waals surface area contributed by atoms with Crippen molar-refractivity contribution in [2.45, 2.75) is 174 Å². The average Bonchev–Trinajstić information content (AvgIpc) is 3.18. The third kappa shape index (κ3) is 39.6. The minimum atomic E-state index is -4.43. The molecule has 4 N–H and O–H groups in total. The highest BCUT2D eigenvalue weighted by atomic mass is 31.2. The number of rotatable bonds is 39. The number of allylic oxidation sites excluding steroid dienone is 11. The molecule has 11 heteroatoms. The number of aliphatic hydroxyl groups excluding tert-OH is 1. The van der Waals surface area contributed by atoms with Crippen LogP contribution in [-0.2, 0) is 32.7 Å². The molecule has 0 aromatic heterocycles. The highest BCUT2D eigenvalue weighted by molar-refractivity contribution is 7.47. The van der Waals surface area contributed by atoms with Crippen molar-refractivity contribution in [3.8, 4) is 0 Å². The van der Waals surface area contributed by atoms with Crippen LogP contribution in [0.5, 0.6) is 0 Å². The number of unbranched alkanes of at least 4 members (excludes halogenated alkanes) is 13. The Bertz CT molecular complexity index is 1160. The second-order valence-electron chi connectivity index (χ2n) is 14.1. The lowest BCUT2D eigenvalue weighted by atomic mass is 10.1. The van der Waals surface area contributed by atoms with Gasteiger partial charge in [-0.25, -0.2) is 4.57 Å². The van der Waals surface area contributed by atoms with E-state index < -0.39 is 38.6 Å². The quantitative estimate of drug-likeness (QED) is 0.0180. The Balaban J connectivity index is 4.40. The van der Waals surface area contributed by atoms with Crippen LogP contribution in [0.25, 0.3) is 0 Å². The van der Waals surface area contributed by atoms with Gasteiger partial charge in [-0.05, 0) is 77.0 Å². The lowest BCUT2D eigenvalue weighted by molar-refractivity contribution is -0.161. The van der Waals surface area contributed by atoms with E-state index in [1.807, 2.05) is 12.2 Å². The Hall–Kier alpha value is -2.59. The molecule has 0 radical (unpaired) electrons. The topological polar surface area (TPSA) is 155 Å². The number of esters is 2. The van der Waals surface area contributed by atoms with Gasteiger partial charge in [-0.2, -0.15) is 0 Å². The number of nitrogens with two attached hydrogens (primary N) is 1. The summed E-state index contributed by atoms with van der Waals surface area (Å²) in [6.45, 7) is 3.43. The van der Waals surface area contributed by atoms with Crippen LogP contribution in [0.1, 0.15) is 162 Å². The van der Waals surface area contributed by atoms with E-state index in [2.05, 4.69) is 62.5 Å². The molecule has 0 saturated heterocycles. The second-order valence-corrected chi connectivity index (χ2v) is 15.5. The van der Waals surface area contributed by atoms with E-state index >= 15 is 0 Å². The minimum absolute atomic E-state index is 0.0210. The maximum absolute atomic E-state index is 12.6. The molecular weight excluding hydrogens is 729 g/mol. The van der Waals surface area contributed by atoms with E-state index in [-0.39, 0.29) is 32.6 Å². The van der Waals surface area contributed by atoms with Crippen LogP contribution in [0.15, 0.2) is 72.9 Å². The van der Waals surface area contributed by atoms with Gasteiger partial charge in [0.05, 0.1) is 19.3 Å². The summed E-state index contributed by atoms with van der Waals surface area (Å²) in [5, 5.41) is 10.2. The maximum atomic E-state index is 12.6. The number of carbonyl (C=O) groups is 2. The molecule has 0 spiro atoms. The Morgan fingerprint density at radius 3 is 1.77 bits per heavy atom. The first-order valence-electron chi connectivity index (χ1n) is 21.5. The predicted octanol–water partition coefficient (Wildman–Crippen LogP) is 11.2. The Labute approximate surface area is 340 Å². The molecule has 10 nitrogen and oxygen atoms in total. The van der Waals surface area contributed by atoms with Crippen LogP contribution >= 0.6 is 7.82 Å². The number of hydrogen-bond donors (Lipinski definition) is 3. The number of hydrogen-bond acceptors (Lipinski definition) is 9. The number of phosphoric acid groups is 1. The third-order valence-electron chi connectivity index (χ3n) is 8.67. The first-order chi connectivity index (χ1) is 27.2. The minimum Gasteiger partial charge on any atom is -0.462 e. The molecule has 0 aliphatic rings. The average molecular weight is 808 g/mol. The van der Waals surface area contributed by atoms with Gasteiger partial charge >= 0.3 is 19.8 Å². The van der Waals surface area contributed by atoms with E-state index in [4.69, 9.17) is 24.3 Å². The predicted molar refractivity (Wildman–Crippen MR) is 230 cm³/mol. The van der Waals surface area contributed by atoms with Crippen molar-refractivity contribution < 1.29 is 42.7 Å². The van der Waals surface area contributed by atoms with E-state index in [0.717, 1.165) is 51.4 Å². The molecule has 322 valence electrons. The number of aliphatic hydroxyl groups is 1. The Morgan fingerprint density at radius 2 is 1.14 bits per heavy atom. The van der Waals surface area contributed by atoms with Gasteiger partial charge in [0, 0.05) is 19.4 Å². The molecular formula is C45H78NO9P. The molecule has 0 bridgehead atoms. The lowest BCUT2D eigenvalue weighted by Crippen LogP contribution is -2.29. The Morgan fingerprint density at radius 1 is 0.625 bits per heavy atom. The van der Waals surface area contributed by atoms with Gasteiger partial charge in [0.2, 0.25) is 0 Å². The zero-order valence-corrected chi connectivity index (χ0v) is 35.8. The number of carbonyl (C=O) groups excluding carboxylic acids is 2. The maximum Gasteiger partial charge on any atom is 0.472 e. The summed E-state index contributed by atoms with van der Waals surface area (Å²) in [5.74, 6) is -1.06. The molecule has 0 aromatic carbocycles. The molecule has 0 aliphatic carbocycles. The molecule has 3 atom stereocenters. The summed E-state index contributed by atoms with van der Waals surface area (Å²) >= 11 is 0. The molecule has 0 aliphatic heterocycles. The monoisotopic (exact) mass is 808 g/mol. The van der Waals surface area contributed by atoms with E-state index in [9.17, 15) is 24.2 Å². The molecule has 0 fully saturated rings. The van der Waals surface area contributed by atoms with Crippen LogP contribution in [0.3, 0.4) is 0 Å². The van der Waals surface area contributed by atoms with Crippen molar-refractivity contribution in [3.63, 3.8) is 0 Å². The highest BCUT2D eigenvalue weighted by Crippen LogP contribution is 2.43. The first kappa shape index (κ1) is 53.4. The second kappa shape index (κ2) is 40.6. The van der Waals surface area contributed by atoms with E-state index in [1.165, 1.54) is 64.2 Å².